The molecule has 0 amide bonds. The Kier molecular flexibility index (Phi) is 3.55. The Morgan fingerprint density at radius 1 is 1.14 bits per heavy atom. The number of hydrogen-bond acceptors (Lipinski definition) is 5. The maximum Gasteiger partial charge on any atom is 0.339 e. The fourth-order valence-electron chi connectivity index (χ4n) is 0.724. The Morgan fingerprint density at radius 3 is 1.79 bits per heavy atom. The molecule has 1 unspecified atom stereocenters. The molecule has 8 nitrogen and oxygen atoms in total. The molecule has 0 saturated heterocycles. The van der Waals surface area contributed by atoms with E-state index in [1.54, 1.807) is 0 Å². The summed E-state index contributed by atoms with van der Waals surface area (Å²) in [5.41, 5.74) is -3.22. The van der Waals surface area contributed by atoms with Crippen LogP contribution in [0, 0.1) is 0 Å². The van der Waals surface area contributed by atoms with Crippen LogP contribution < -0.4 is 0 Å². The van der Waals surface area contributed by atoms with E-state index in [0.29, 0.717) is 0 Å². The van der Waals surface area contributed by atoms with E-state index in [-0.39, 0.29) is 0 Å². The van der Waals surface area contributed by atoms with Crippen LogP contribution in [0.5, 0.6) is 0 Å². The van der Waals surface area contributed by atoms with Crippen molar-refractivity contribution in [3.8, 4) is 0 Å². The zero-order valence-corrected chi connectivity index (χ0v) is 6.75. The summed E-state index contributed by atoms with van der Waals surface area (Å²) in [6.07, 6.45) is -4.11. The van der Waals surface area contributed by atoms with Gasteiger partial charge in [-0.25, -0.2) is 9.59 Å². The molecule has 14 heavy (non-hydrogen) atoms. The molecule has 80 valence electrons. The van der Waals surface area contributed by atoms with Gasteiger partial charge in [0.15, 0.2) is 6.10 Å². The van der Waals surface area contributed by atoms with E-state index in [0.717, 1.165) is 0 Å². The van der Waals surface area contributed by atoms with E-state index in [4.69, 9.17) is 25.5 Å². The van der Waals surface area contributed by atoms with Crippen molar-refractivity contribution in [2.45, 2.75) is 18.1 Å². The van der Waals surface area contributed by atoms with Gasteiger partial charge in [0.25, 0.3) is 0 Å². The van der Waals surface area contributed by atoms with Crippen molar-refractivity contribution in [1.29, 1.82) is 0 Å². The van der Waals surface area contributed by atoms with E-state index in [2.05, 4.69) is 0 Å². The van der Waals surface area contributed by atoms with Crippen LogP contribution in [0.1, 0.15) is 6.42 Å². The van der Waals surface area contributed by atoms with E-state index in [1.807, 2.05) is 0 Å². The Hall–Kier alpha value is -1.67. The molecule has 0 aliphatic carbocycles. The molecule has 0 saturated carbocycles. The summed E-state index contributed by atoms with van der Waals surface area (Å²) < 4.78 is 0. The van der Waals surface area contributed by atoms with Gasteiger partial charge in [0.2, 0.25) is 5.60 Å². The van der Waals surface area contributed by atoms with Gasteiger partial charge >= 0.3 is 17.9 Å². The van der Waals surface area contributed by atoms with E-state index in [1.165, 1.54) is 0 Å². The van der Waals surface area contributed by atoms with Crippen LogP contribution in [0.25, 0.3) is 0 Å². The first-order chi connectivity index (χ1) is 6.21. The third-order valence-electron chi connectivity index (χ3n) is 1.48. The molecule has 0 radical (unpaired) electrons. The predicted octanol–water partition coefficient (Wildman–Crippen LogP) is -2.28. The standard InChI is InChI=1S/C6H8O8/c7-2(8)1-6(14,5(12)13)3(9)4(10)11/h3,9,14H,1H2,(H,7,8)(H,10,11)(H,12,13)/t3-,6?/m1/s1. The van der Waals surface area contributed by atoms with Gasteiger partial charge < -0.3 is 25.5 Å². The monoisotopic (exact) mass is 208 g/mol. The molecule has 0 aromatic heterocycles. The summed E-state index contributed by atoms with van der Waals surface area (Å²) in [6, 6.07) is 0. The lowest BCUT2D eigenvalue weighted by Crippen LogP contribution is -2.54. The van der Waals surface area contributed by atoms with Crippen molar-refractivity contribution < 1.29 is 39.9 Å². The molecule has 0 heterocycles. The number of carboxylic acid groups (broad SMARTS) is 3. The third kappa shape index (κ3) is 2.41. The summed E-state index contributed by atoms with van der Waals surface area (Å²) in [4.78, 5) is 30.7. The van der Waals surface area contributed by atoms with Crippen molar-refractivity contribution >= 4 is 17.9 Å². The number of rotatable bonds is 5. The minimum absolute atomic E-state index is 1.41. The predicted molar refractivity (Wildman–Crippen MR) is 38.5 cm³/mol. The second-order valence-corrected chi connectivity index (χ2v) is 2.54. The van der Waals surface area contributed by atoms with Gasteiger partial charge in [-0.2, -0.15) is 0 Å². The van der Waals surface area contributed by atoms with Gasteiger partial charge in [0.1, 0.15) is 0 Å². The minimum atomic E-state index is -3.22. The smallest absolute Gasteiger partial charge is 0.339 e. The van der Waals surface area contributed by atoms with Crippen LogP contribution in [0.3, 0.4) is 0 Å². The lowest BCUT2D eigenvalue weighted by Gasteiger charge is -2.23. The molecular weight excluding hydrogens is 200 g/mol. The summed E-state index contributed by atoms with van der Waals surface area (Å²) >= 11 is 0. The van der Waals surface area contributed by atoms with Crippen LogP contribution in [-0.4, -0.2) is 55.1 Å². The van der Waals surface area contributed by atoms with Crippen LogP contribution in [0.2, 0.25) is 0 Å². The molecule has 5 N–H and O–H groups in total. The van der Waals surface area contributed by atoms with E-state index >= 15 is 0 Å². The maximum atomic E-state index is 10.4. The van der Waals surface area contributed by atoms with Crippen molar-refractivity contribution in [1.82, 2.24) is 0 Å². The number of hydrogen-bond donors (Lipinski definition) is 5. The molecule has 2 atom stereocenters. The maximum absolute atomic E-state index is 10.4. The summed E-state index contributed by atoms with van der Waals surface area (Å²) in [5.74, 6) is -5.87. The van der Waals surface area contributed by atoms with Gasteiger partial charge in [-0.15, -0.1) is 0 Å². The highest BCUT2D eigenvalue weighted by Crippen LogP contribution is 2.16. The third-order valence-corrected chi connectivity index (χ3v) is 1.48. The van der Waals surface area contributed by atoms with E-state index < -0.39 is 36.0 Å². The number of aliphatic hydroxyl groups excluding tert-OH is 1. The van der Waals surface area contributed by atoms with E-state index in [9.17, 15) is 14.4 Å². The Labute approximate surface area is 77.0 Å². The first kappa shape index (κ1) is 12.3. The average molecular weight is 208 g/mol. The Morgan fingerprint density at radius 2 is 1.57 bits per heavy atom. The highest BCUT2D eigenvalue weighted by atomic mass is 16.4. The zero-order valence-electron chi connectivity index (χ0n) is 6.75. The van der Waals surface area contributed by atoms with Crippen LogP contribution in [0.4, 0.5) is 0 Å². The largest absolute Gasteiger partial charge is 0.481 e. The normalized spacial score (nSPS) is 16.7. The van der Waals surface area contributed by atoms with Gasteiger partial charge in [-0.1, -0.05) is 0 Å². The molecule has 0 fully saturated rings. The summed E-state index contributed by atoms with van der Waals surface area (Å²) in [5, 5.41) is 42.6. The number of carbonyl (C=O) groups is 3. The first-order valence-electron chi connectivity index (χ1n) is 3.30. The minimum Gasteiger partial charge on any atom is -0.481 e. The lowest BCUT2D eigenvalue weighted by molar-refractivity contribution is -0.187. The number of carboxylic acids is 3. The molecule has 0 rings (SSSR count). The van der Waals surface area contributed by atoms with Crippen LogP contribution >= 0.6 is 0 Å². The molecule has 0 aromatic carbocycles. The van der Waals surface area contributed by atoms with Gasteiger partial charge in [0.05, 0.1) is 6.42 Å². The number of aliphatic carboxylic acids is 3. The van der Waals surface area contributed by atoms with Crippen LogP contribution in [-0.2, 0) is 14.4 Å². The fourth-order valence-corrected chi connectivity index (χ4v) is 0.724. The second-order valence-electron chi connectivity index (χ2n) is 2.54. The summed E-state index contributed by atoms with van der Waals surface area (Å²) in [7, 11) is 0. The summed E-state index contributed by atoms with van der Waals surface area (Å²) in [6.45, 7) is 0. The fraction of sp³-hybridized carbons (Fsp3) is 0.500. The lowest BCUT2D eigenvalue weighted by atomic mass is 9.93. The van der Waals surface area contributed by atoms with Crippen molar-refractivity contribution in [3.05, 3.63) is 0 Å². The Bertz CT molecular complexity index is 271. The van der Waals surface area contributed by atoms with Crippen molar-refractivity contribution in [2.75, 3.05) is 0 Å². The van der Waals surface area contributed by atoms with Gasteiger partial charge in [-0.3, -0.25) is 4.79 Å². The average Bonchev–Trinajstić information content (AvgIpc) is 2.00. The highest BCUT2D eigenvalue weighted by molar-refractivity contribution is 5.90. The van der Waals surface area contributed by atoms with Gasteiger partial charge in [0, 0.05) is 0 Å². The first-order valence-corrected chi connectivity index (χ1v) is 3.30. The Balaban J connectivity index is 4.99. The SMILES string of the molecule is O=C(O)CC(O)(C(=O)O)[C@H](O)C(=O)O. The molecule has 0 bridgehead atoms. The second kappa shape index (κ2) is 4.03. The zero-order chi connectivity index (χ0) is 11.5. The molecular formula is C6H8O8. The van der Waals surface area contributed by atoms with Crippen LogP contribution in [0.15, 0.2) is 0 Å². The molecule has 0 aromatic rings. The number of aliphatic hydroxyl groups is 2. The topological polar surface area (TPSA) is 152 Å². The molecule has 0 aliphatic rings. The quantitative estimate of drug-likeness (QED) is 0.338. The van der Waals surface area contributed by atoms with Crippen molar-refractivity contribution in [3.63, 3.8) is 0 Å². The molecule has 8 heteroatoms. The van der Waals surface area contributed by atoms with Gasteiger partial charge in [-0.05, 0) is 0 Å². The highest BCUT2D eigenvalue weighted by Gasteiger charge is 2.49. The molecule has 0 spiro atoms. The molecule has 0 aliphatic heterocycles. The van der Waals surface area contributed by atoms with Crippen molar-refractivity contribution in [2.24, 2.45) is 0 Å².